The van der Waals surface area contributed by atoms with Gasteiger partial charge >= 0.3 is 11.9 Å². The van der Waals surface area contributed by atoms with Crippen LogP contribution < -0.4 is 5.32 Å². The van der Waals surface area contributed by atoms with Crippen molar-refractivity contribution in [3.8, 4) is 0 Å². The molecule has 0 aromatic heterocycles. The van der Waals surface area contributed by atoms with Crippen molar-refractivity contribution in [2.24, 2.45) is 0 Å². The minimum Gasteiger partial charge on any atom is -0.460 e. The predicted octanol–water partition coefficient (Wildman–Crippen LogP) is 0.709. The summed E-state index contributed by atoms with van der Waals surface area (Å²) in [6, 6.07) is 6.33. The lowest BCUT2D eigenvalue weighted by Crippen LogP contribution is -2.42. The van der Waals surface area contributed by atoms with Crippen molar-refractivity contribution in [3.05, 3.63) is 35.4 Å². The van der Waals surface area contributed by atoms with Crippen LogP contribution in [0.3, 0.4) is 0 Å². The molecule has 0 bridgehead atoms. The molecule has 1 aromatic rings. The maximum Gasteiger partial charge on any atom is 0.347 e. The summed E-state index contributed by atoms with van der Waals surface area (Å²) in [6.45, 7) is 1.34. The SMILES string of the molecule is CC1CC(OC(=O)CNC(=O)C2c3ccccc3C(=O)N2C2CC2)C(=O)O1. The summed E-state index contributed by atoms with van der Waals surface area (Å²) in [6.07, 6.45) is 0.818. The van der Waals surface area contributed by atoms with Crippen molar-refractivity contribution in [2.45, 2.75) is 50.5 Å². The normalized spacial score (nSPS) is 26.6. The number of nitrogens with one attached hydrogen (secondary N) is 1. The lowest BCUT2D eigenvalue weighted by Gasteiger charge is -2.24. The van der Waals surface area contributed by atoms with Crippen LogP contribution in [-0.4, -0.2) is 53.4 Å². The Morgan fingerprint density at radius 2 is 2.00 bits per heavy atom. The van der Waals surface area contributed by atoms with Crippen LogP contribution in [0.4, 0.5) is 0 Å². The van der Waals surface area contributed by atoms with Crippen molar-refractivity contribution >= 4 is 23.8 Å². The third-order valence-corrected chi connectivity index (χ3v) is 4.99. The number of amides is 2. The second-order valence-corrected chi connectivity index (χ2v) is 7.11. The maximum atomic E-state index is 12.7. The topological polar surface area (TPSA) is 102 Å². The number of hydrogen-bond donors (Lipinski definition) is 1. The number of ether oxygens (including phenoxy) is 2. The number of esters is 2. The van der Waals surface area contributed by atoms with Crippen molar-refractivity contribution < 1.29 is 28.7 Å². The fourth-order valence-electron chi connectivity index (χ4n) is 3.61. The van der Waals surface area contributed by atoms with Gasteiger partial charge in [-0.2, -0.15) is 0 Å². The van der Waals surface area contributed by atoms with E-state index in [-0.39, 0.29) is 24.6 Å². The predicted molar refractivity (Wildman–Crippen MR) is 91.4 cm³/mol. The van der Waals surface area contributed by atoms with Crippen LogP contribution >= 0.6 is 0 Å². The first kappa shape index (κ1) is 17.5. The van der Waals surface area contributed by atoms with Gasteiger partial charge in [-0.25, -0.2) is 4.79 Å². The van der Waals surface area contributed by atoms with Gasteiger partial charge in [-0.05, 0) is 31.4 Å². The third kappa shape index (κ3) is 3.27. The molecule has 3 unspecified atom stereocenters. The van der Waals surface area contributed by atoms with E-state index in [0.717, 1.165) is 12.8 Å². The van der Waals surface area contributed by atoms with Gasteiger partial charge in [0.05, 0.1) is 0 Å². The second kappa shape index (κ2) is 6.68. The van der Waals surface area contributed by atoms with E-state index in [1.807, 2.05) is 0 Å². The van der Waals surface area contributed by atoms with E-state index in [9.17, 15) is 19.2 Å². The molecule has 1 saturated heterocycles. The zero-order valence-electron chi connectivity index (χ0n) is 14.8. The molecule has 8 nitrogen and oxygen atoms in total. The van der Waals surface area contributed by atoms with Crippen molar-refractivity contribution in [3.63, 3.8) is 0 Å². The molecule has 27 heavy (non-hydrogen) atoms. The second-order valence-electron chi connectivity index (χ2n) is 7.11. The molecule has 1 saturated carbocycles. The molecular formula is C19H20N2O6. The van der Waals surface area contributed by atoms with E-state index < -0.39 is 30.0 Å². The first-order valence-corrected chi connectivity index (χ1v) is 9.05. The number of rotatable bonds is 5. The van der Waals surface area contributed by atoms with Crippen molar-refractivity contribution in [1.82, 2.24) is 10.2 Å². The Morgan fingerprint density at radius 3 is 2.67 bits per heavy atom. The number of benzene rings is 1. The van der Waals surface area contributed by atoms with Gasteiger partial charge in [-0.1, -0.05) is 18.2 Å². The Labute approximate surface area is 155 Å². The van der Waals surface area contributed by atoms with E-state index in [1.54, 1.807) is 36.1 Å². The first-order chi connectivity index (χ1) is 13.0. The molecule has 2 heterocycles. The molecule has 1 aromatic carbocycles. The van der Waals surface area contributed by atoms with Gasteiger partial charge in [0.1, 0.15) is 18.7 Å². The number of fused-ring (bicyclic) bond motifs is 1. The van der Waals surface area contributed by atoms with Crippen LogP contribution in [0.1, 0.15) is 48.1 Å². The summed E-state index contributed by atoms with van der Waals surface area (Å²) in [5.41, 5.74) is 1.17. The van der Waals surface area contributed by atoms with Gasteiger partial charge in [0, 0.05) is 18.0 Å². The minimum absolute atomic E-state index is 0.0577. The largest absolute Gasteiger partial charge is 0.460 e. The molecule has 1 aliphatic carbocycles. The molecule has 2 fully saturated rings. The summed E-state index contributed by atoms with van der Waals surface area (Å²) in [7, 11) is 0. The summed E-state index contributed by atoms with van der Waals surface area (Å²) >= 11 is 0. The molecule has 1 N–H and O–H groups in total. The molecule has 8 heteroatoms. The Balaban J connectivity index is 1.41. The zero-order chi connectivity index (χ0) is 19.1. The molecular weight excluding hydrogens is 352 g/mol. The van der Waals surface area contributed by atoms with Gasteiger partial charge in [0.2, 0.25) is 12.0 Å². The Hall–Kier alpha value is -2.90. The van der Waals surface area contributed by atoms with Crippen LogP contribution in [0.15, 0.2) is 24.3 Å². The standard InChI is InChI=1S/C19H20N2O6/c1-10-8-14(19(25)26-10)27-15(22)9-20-17(23)16-12-4-2-3-5-13(12)18(24)21(16)11-6-7-11/h2-5,10-11,14,16H,6-9H2,1H3,(H,20,23). The highest BCUT2D eigenvalue weighted by Crippen LogP contribution is 2.41. The van der Waals surface area contributed by atoms with Gasteiger partial charge in [0.15, 0.2) is 0 Å². The molecule has 2 amide bonds. The van der Waals surface area contributed by atoms with Crippen LogP contribution in [-0.2, 0) is 23.9 Å². The first-order valence-electron chi connectivity index (χ1n) is 9.05. The zero-order valence-corrected chi connectivity index (χ0v) is 14.8. The number of cyclic esters (lactones) is 1. The Bertz CT molecular complexity index is 818. The quantitative estimate of drug-likeness (QED) is 0.764. The van der Waals surface area contributed by atoms with E-state index in [2.05, 4.69) is 5.32 Å². The summed E-state index contributed by atoms with van der Waals surface area (Å²) < 4.78 is 10.0. The fourth-order valence-corrected chi connectivity index (χ4v) is 3.61. The lowest BCUT2D eigenvalue weighted by molar-refractivity contribution is -0.160. The van der Waals surface area contributed by atoms with Crippen LogP contribution in [0.2, 0.25) is 0 Å². The van der Waals surface area contributed by atoms with Crippen molar-refractivity contribution in [1.29, 1.82) is 0 Å². The molecule has 0 radical (unpaired) electrons. The highest BCUT2D eigenvalue weighted by Gasteiger charge is 2.47. The molecule has 3 atom stereocenters. The number of hydrogen-bond acceptors (Lipinski definition) is 6. The third-order valence-electron chi connectivity index (χ3n) is 4.99. The monoisotopic (exact) mass is 372 g/mol. The molecule has 4 rings (SSSR count). The van der Waals surface area contributed by atoms with E-state index in [1.165, 1.54) is 0 Å². The van der Waals surface area contributed by atoms with Crippen LogP contribution in [0.5, 0.6) is 0 Å². The summed E-state index contributed by atoms with van der Waals surface area (Å²) in [4.78, 5) is 50.5. The van der Waals surface area contributed by atoms with Gasteiger partial charge < -0.3 is 19.7 Å². The average Bonchev–Trinajstić information content (AvgIpc) is 3.37. The molecule has 3 aliphatic rings. The minimum atomic E-state index is -0.929. The smallest absolute Gasteiger partial charge is 0.347 e. The number of carbonyl (C=O) groups excluding carboxylic acids is 4. The Kier molecular flexibility index (Phi) is 4.33. The fraction of sp³-hybridized carbons (Fsp3) is 0.474. The highest BCUT2D eigenvalue weighted by molar-refractivity contribution is 6.05. The number of nitrogens with zero attached hydrogens (tertiary/aromatic N) is 1. The van der Waals surface area contributed by atoms with Crippen molar-refractivity contribution in [2.75, 3.05) is 6.54 Å². The summed E-state index contributed by atoms with van der Waals surface area (Å²) in [5.74, 6) is -1.87. The van der Waals surface area contributed by atoms with Gasteiger partial charge in [-0.15, -0.1) is 0 Å². The van der Waals surface area contributed by atoms with E-state index >= 15 is 0 Å². The number of carbonyl (C=O) groups is 4. The van der Waals surface area contributed by atoms with Gasteiger partial charge in [0.25, 0.3) is 5.91 Å². The van der Waals surface area contributed by atoms with E-state index in [4.69, 9.17) is 9.47 Å². The molecule has 142 valence electrons. The summed E-state index contributed by atoms with van der Waals surface area (Å²) in [5, 5.41) is 2.54. The Morgan fingerprint density at radius 1 is 1.26 bits per heavy atom. The van der Waals surface area contributed by atoms with Crippen LogP contribution in [0.25, 0.3) is 0 Å². The van der Waals surface area contributed by atoms with Gasteiger partial charge in [-0.3, -0.25) is 14.4 Å². The maximum absolute atomic E-state index is 12.7. The molecule has 2 aliphatic heterocycles. The molecule has 0 spiro atoms. The highest BCUT2D eigenvalue weighted by atomic mass is 16.6. The average molecular weight is 372 g/mol. The lowest BCUT2D eigenvalue weighted by atomic mass is 10.0. The van der Waals surface area contributed by atoms with E-state index in [0.29, 0.717) is 17.5 Å². The van der Waals surface area contributed by atoms with Crippen LogP contribution in [0, 0.1) is 0 Å².